The summed E-state index contributed by atoms with van der Waals surface area (Å²) in [7, 11) is 0. The van der Waals surface area contributed by atoms with Crippen molar-refractivity contribution in [2.24, 2.45) is 0 Å². The van der Waals surface area contributed by atoms with E-state index in [0.717, 1.165) is 16.0 Å². The lowest BCUT2D eigenvalue weighted by Gasteiger charge is -2.40. The minimum Gasteiger partial charge on any atom is -0.444 e. The van der Waals surface area contributed by atoms with E-state index in [4.69, 9.17) is 14.7 Å². The third-order valence-electron chi connectivity index (χ3n) is 5.87. The molecule has 5 rings (SSSR count). The zero-order chi connectivity index (χ0) is 24.7. The Morgan fingerprint density at radius 2 is 1.86 bits per heavy atom. The molecule has 0 aliphatic carbocycles. The van der Waals surface area contributed by atoms with Crippen LogP contribution in [0.25, 0.3) is 33.1 Å². The Balaban J connectivity index is 1.50. The highest BCUT2D eigenvalue weighted by Gasteiger charge is 2.33. The molecule has 9 heteroatoms. The van der Waals surface area contributed by atoms with E-state index in [1.165, 1.54) is 17.4 Å². The number of benzene rings is 2. The number of H-pyrrole nitrogens is 1. The summed E-state index contributed by atoms with van der Waals surface area (Å²) in [5, 5.41) is 1.49. The number of carbonyl (C=O) groups excluding carboxylic acids is 1. The van der Waals surface area contributed by atoms with Gasteiger partial charge in [-0.3, -0.25) is 0 Å². The summed E-state index contributed by atoms with van der Waals surface area (Å²) in [6.45, 7) is 9.34. The molecule has 1 fully saturated rings. The minimum atomic E-state index is -0.547. The molecule has 1 aliphatic heterocycles. The highest BCUT2D eigenvalue weighted by molar-refractivity contribution is 7.19. The van der Waals surface area contributed by atoms with Gasteiger partial charge in [0, 0.05) is 31.2 Å². The van der Waals surface area contributed by atoms with Crippen LogP contribution in [-0.4, -0.2) is 57.2 Å². The lowest BCUT2D eigenvalue weighted by atomic mass is 10.2. The molecule has 1 N–H and O–H groups in total. The number of hydrogen-bond acceptors (Lipinski definition) is 6. The summed E-state index contributed by atoms with van der Waals surface area (Å²) >= 11 is 1.44. The molecule has 1 atom stereocenters. The maximum atomic E-state index is 14.6. The van der Waals surface area contributed by atoms with Crippen LogP contribution in [-0.2, 0) is 4.74 Å². The first-order valence-corrected chi connectivity index (χ1v) is 12.5. The molecule has 0 saturated carbocycles. The predicted molar refractivity (Wildman–Crippen MR) is 137 cm³/mol. The van der Waals surface area contributed by atoms with Crippen LogP contribution in [0.3, 0.4) is 0 Å². The van der Waals surface area contributed by atoms with E-state index in [1.54, 1.807) is 17.0 Å². The van der Waals surface area contributed by atoms with Crippen LogP contribution in [0.5, 0.6) is 0 Å². The SMILES string of the molecule is CC1CN(c2sc(-c3ccccc3F)nc2-c2nc3ccccc3[nH]2)CCN1C(=O)OC(C)(C)C. The maximum Gasteiger partial charge on any atom is 0.410 e. The monoisotopic (exact) mass is 493 g/mol. The molecule has 182 valence electrons. The molecule has 2 aromatic carbocycles. The largest absolute Gasteiger partial charge is 0.444 e. The fourth-order valence-electron chi connectivity index (χ4n) is 4.23. The number of aromatic amines is 1. The van der Waals surface area contributed by atoms with Crippen molar-refractivity contribution in [3.63, 3.8) is 0 Å². The Bertz CT molecular complexity index is 1340. The number of fused-ring (bicyclic) bond motifs is 1. The predicted octanol–water partition coefficient (Wildman–Crippen LogP) is 5.94. The van der Waals surface area contributed by atoms with Gasteiger partial charge in [-0.05, 0) is 52.0 Å². The number of anilines is 1. The van der Waals surface area contributed by atoms with Crippen LogP contribution in [0.4, 0.5) is 14.2 Å². The van der Waals surface area contributed by atoms with Gasteiger partial charge in [-0.1, -0.05) is 35.6 Å². The Hall–Kier alpha value is -3.46. The molecule has 0 spiro atoms. The smallest absolute Gasteiger partial charge is 0.410 e. The molecule has 35 heavy (non-hydrogen) atoms. The van der Waals surface area contributed by atoms with Crippen molar-refractivity contribution < 1.29 is 13.9 Å². The van der Waals surface area contributed by atoms with Crippen LogP contribution in [0.2, 0.25) is 0 Å². The van der Waals surface area contributed by atoms with Crippen molar-refractivity contribution in [1.82, 2.24) is 19.9 Å². The Kier molecular flexibility index (Phi) is 5.96. The van der Waals surface area contributed by atoms with E-state index in [9.17, 15) is 9.18 Å². The number of piperazine rings is 1. The van der Waals surface area contributed by atoms with E-state index in [0.29, 0.717) is 41.7 Å². The highest BCUT2D eigenvalue weighted by Crippen LogP contribution is 2.41. The molecule has 2 aromatic heterocycles. The number of nitrogens with zero attached hydrogens (tertiary/aromatic N) is 4. The number of rotatable bonds is 3. The second-order valence-corrected chi connectivity index (χ2v) is 10.7. The molecule has 1 saturated heterocycles. The number of thiazole rings is 1. The summed E-state index contributed by atoms with van der Waals surface area (Å²) in [5.41, 5.74) is 2.35. The van der Waals surface area contributed by atoms with Gasteiger partial charge < -0.3 is 19.5 Å². The van der Waals surface area contributed by atoms with Crippen molar-refractivity contribution in [3.8, 4) is 22.1 Å². The van der Waals surface area contributed by atoms with E-state index in [2.05, 4.69) is 9.88 Å². The fraction of sp³-hybridized carbons (Fsp3) is 0.346. The van der Waals surface area contributed by atoms with E-state index in [-0.39, 0.29) is 18.0 Å². The Labute approximate surface area is 207 Å². The summed E-state index contributed by atoms with van der Waals surface area (Å²) in [6.07, 6.45) is -0.307. The molecule has 3 heterocycles. The van der Waals surface area contributed by atoms with Crippen LogP contribution >= 0.6 is 11.3 Å². The summed E-state index contributed by atoms with van der Waals surface area (Å²) in [4.78, 5) is 29.6. The molecule has 1 aliphatic rings. The summed E-state index contributed by atoms with van der Waals surface area (Å²) in [5.74, 6) is 0.328. The number of amides is 1. The molecule has 1 unspecified atom stereocenters. The van der Waals surface area contributed by atoms with Crippen LogP contribution in [0, 0.1) is 5.82 Å². The van der Waals surface area contributed by atoms with Gasteiger partial charge in [0.2, 0.25) is 0 Å². The number of carbonyl (C=O) groups is 1. The third-order valence-corrected chi connectivity index (χ3v) is 7.02. The molecular weight excluding hydrogens is 465 g/mol. The van der Waals surface area contributed by atoms with Crippen molar-refractivity contribution >= 4 is 33.5 Å². The average Bonchev–Trinajstić information content (AvgIpc) is 3.42. The first-order valence-electron chi connectivity index (χ1n) is 11.6. The van der Waals surface area contributed by atoms with E-state index in [1.807, 2.05) is 58.0 Å². The van der Waals surface area contributed by atoms with Crippen LogP contribution < -0.4 is 4.90 Å². The van der Waals surface area contributed by atoms with Crippen LogP contribution in [0.1, 0.15) is 27.7 Å². The van der Waals surface area contributed by atoms with Gasteiger partial charge in [-0.15, -0.1) is 0 Å². The highest BCUT2D eigenvalue weighted by atomic mass is 32.1. The Morgan fingerprint density at radius 1 is 1.11 bits per heavy atom. The number of hydrogen-bond donors (Lipinski definition) is 1. The van der Waals surface area contributed by atoms with Gasteiger partial charge >= 0.3 is 6.09 Å². The van der Waals surface area contributed by atoms with Crippen molar-refractivity contribution in [3.05, 3.63) is 54.3 Å². The van der Waals surface area contributed by atoms with Crippen molar-refractivity contribution in [1.29, 1.82) is 0 Å². The topological polar surface area (TPSA) is 74.4 Å². The van der Waals surface area contributed by atoms with Gasteiger partial charge in [0.05, 0.1) is 11.0 Å². The summed E-state index contributed by atoms with van der Waals surface area (Å²) in [6, 6.07) is 14.4. The standard InChI is InChI=1S/C26H28FN5O2S/c1-16-15-31(13-14-32(16)25(33)34-26(2,3)4)24-21(22-28-19-11-7-8-12-20(19)29-22)30-23(35-24)17-9-5-6-10-18(17)27/h5-12,16H,13-15H2,1-4H3,(H,28,29). The molecule has 7 nitrogen and oxygen atoms in total. The number of ether oxygens (including phenoxy) is 1. The van der Waals surface area contributed by atoms with Gasteiger partial charge in [-0.2, -0.15) is 0 Å². The van der Waals surface area contributed by atoms with E-state index < -0.39 is 5.60 Å². The van der Waals surface area contributed by atoms with E-state index >= 15 is 0 Å². The van der Waals surface area contributed by atoms with Gasteiger partial charge in [-0.25, -0.2) is 19.2 Å². The lowest BCUT2D eigenvalue weighted by molar-refractivity contribution is 0.0159. The minimum absolute atomic E-state index is 0.0684. The second kappa shape index (κ2) is 8.96. The quantitative estimate of drug-likeness (QED) is 0.382. The lowest BCUT2D eigenvalue weighted by Crippen LogP contribution is -2.55. The molecule has 1 amide bonds. The van der Waals surface area contributed by atoms with Crippen molar-refractivity contribution in [2.45, 2.75) is 39.3 Å². The third kappa shape index (κ3) is 4.73. The first-order chi connectivity index (χ1) is 16.7. The Morgan fingerprint density at radius 3 is 2.57 bits per heavy atom. The number of para-hydroxylation sites is 2. The molecule has 4 aromatic rings. The van der Waals surface area contributed by atoms with Gasteiger partial charge in [0.25, 0.3) is 0 Å². The zero-order valence-corrected chi connectivity index (χ0v) is 21.0. The number of aromatic nitrogens is 3. The number of nitrogens with one attached hydrogen (secondary N) is 1. The van der Waals surface area contributed by atoms with Crippen molar-refractivity contribution in [2.75, 3.05) is 24.5 Å². The normalized spacial score (nSPS) is 16.7. The number of imidazole rings is 1. The second-order valence-electron chi connectivity index (χ2n) is 9.72. The first kappa shape index (κ1) is 23.3. The molecule has 0 radical (unpaired) electrons. The number of halogens is 1. The van der Waals surface area contributed by atoms with Gasteiger partial charge in [0.15, 0.2) is 5.82 Å². The zero-order valence-electron chi connectivity index (χ0n) is 20.2. The molecule has 0 bridgehead atoms. The van der Waals surface area contributed by atoms with Gasteiger partial charge in [0.1, 0.15) is 27.1 Å². The summed E-state index contributed by atoms with van der Waals surface area (Å²) < 4.78 is 20.2. The maximum absolute atomic E-state index is 14.6. The molecular formula is C26H28FN5O2S. The average molecular weight is 494 g/mol. The fourth-order valence-corrected chi connectivity index (χ4v) is 5.36. The van der Waals surface area contributed by atoms with Crippen LogP contribution in [0.15, 0.2) is 48.5 Å².